The molecular formula is C12H17NOS. The molecule has 82 valence electrons. The summed E-state index contributed by atoms with van der Waals surface area (Å²) in [6, 6.07) is 2.84. The molecule has 1 aromatic heterocycles. The van der Waals surface area contributed by atoms with Gasteiger partial charge in [-0.15, -0.1) is 0 Å². The molecule has 2 aliphatic heterocycles. The summed E-state index contributed by atoms with van der Waals surface area (Å²) in [4.78, 5) is 0. The number of hydrogen-bond donors (Lipinski definition) is 1. The predicted octanol–water partition coefficient (Wildman–Crippen LogP) is 2.20. The third-order valence-electron chi connectivity index (χ3n) is 3.51. The van der Waals surface area contributed by atoms with Gasteiger partial charge < -0.3 is 10.1 Å². The quantitative estimate of drug-likeness (QED) is 0.845. The van der Waals surface area contributed by atoms with Gasteiger partial charge in [0, 0.05) is 6.04 Å². The van der Waals surface area contributed by atoms with Crippen LogP contribution in [0.5, 0.6) is 0 Å². The molecule has 3 unspecified atom stereocenters. The maximum atomic E-state index is 5.81. The van der Waals surface area contributed by atoms with Crippen LogP contribution < -0.4 is 5.32 Å². The summed E-state index contributed by atoms with van der Waals surface area (Å²) in [5.74, 6) is 0. The maximum absolute atomic E-state index is 5.81. The Labute approximate surface area is 94.6 Å². The number of nitrogens with one attached hydrogen (secondary N) is 1. The van der Waals surface area contributed by atoms with E-state index in [1.165, 1.54) is 24.8 Å². The van der Waals surface area contributed by atoms with Crippen molar-refractivity contribution in [3.8, 4) is 0 Å². The lowest BCUT2D eigenvalue weighted by Crippen LogP contribution is -2.38. The molecule has 2 saturated heterocycles. The topological polar surface area (TPSA) is 21.3 Å². The smallest absolute Gasteiger partial charge is 0.0733 e. The van der Waals surface area contributed by atoms with Crippen LogP contribution in [-0.4, -0.2) is 24.8 Å². The van der Waals surface area contributed by atoms with Gasteiger partial charge in [0.15, 0.2) is 0 Å². The van der Waals surface area contributed by atoms with Gasteiger partial charge >= 0.3 is 0 Å². The van der Waals surface area contributed by atoms with Crippen LogP contribution in [0.1, 0.15) is 24.8 Å². The first-order valence-corrected chi connectivity index (χ1v) is 6.76. The summed E-state index contributed by atoms with van der Waals surface area (Å²) in [7, 11) is 0. The standard InChI is InChI=1S/C12H17NOS/c1-2-12-11(7-10(1)14-12)13-5-3-9-4-6-15-8-9/h4,6,8,10-13H,1-3,5,7H2. The molecule has 2 fully saturated rings. The van der Waals surface area contributed by atoms with Crippen LogP contribution in [0.2, 0.25) is 0 Å². The molecule has 0 radical (unpaired) electrons. The summed E-state index contributed by atoms with van der Waals surface area (Å²) >= 11 is 1.78. The normalized spacial score (nSPS) is 33.7. The molecule has 2 bridgehead atoms. The fraction of sp³-hybridized carbons (Fsp3) is 0.667. The van der Waals surface area contributed by atoms with E-state index in [9.17, 15) is 0 Å². The van der Waals surface area contributed by atoms with Crippen LogP contribution in [-0.2, 0) is 11.2 Å². The number of ether oxygens (including phenoxy) is 1. The van der Waals surface area contributed by atoms with Crippen LogP contribution in [0.25, 0.3) is 0 Å². The lowest BCUT2D eigenvalue weighted by Gasteiger charge is -2.19. The van der Waals surface area contributed by atoms with Gasteiger partial charge in [-0.1, -0.05) is 0 Å². The zero-order valence-corrected chi connectivity index (χ0v) is 9.63. The minimum atomic E-state index is 0.512. The summed E-state index contributed by atoms with van der Waals surface area (Å²) in [6.45, 7) is 1.09. The van der Waals surface area contributed by atoms with Crippen molar-refractivity contribution in [3.05, 3.63) is 22.4 Å². The largest absolute Gasteiger partial charge is 0.373 e. The summed E-state index contributed by atoms with van der Waals surface area (Å²) in [5, 5.41) is 8.01. The zero-order valence-electron chi connectivity index (χ0n) is 8.82. The first-order chi connectivity index (χ1) is 7.42. The van der Waals surface area contributed by atoms with Crippen molar-refractivity contribution >= 4 is 11.3 Å². The Kier molecular flexibility index (Phi) is 2.77. The SMILES string of the molecule is c1cc(CCNC2CC3CCC2O3)cs1. The van der Waals surface area contributed by atoms with Crippen LogP contribution in [0.3, 0.4) is 0 Å². The Balaban J connectivity index is 1.43. The van der Waals surface area contributed by atoms with Crippen LogP contribution in [0, 0.1) is 0 Å². The van der Waals surface area contributed by atoms with Gasteiger partial charge in [-0.2, -0.15) is 11.3 Å². The molecule has 0 spiro atoms. The van der Waals surface area contributed by atoms with Gasteiger partial charge in [-0.3, -0.25) is 0 Å². The van der Waals surface area contributed by atoms with E-state index < -0.39 is 0 Å². The van der Waals surface area contributed by atoms with Crippen molar-refractivity contribution in [2.75, 3.05) is 6.54 Å². The van der Waals surface area contributed by atoms with Gasteiger partial charge in [0.2, 0.25) is 0 Å². The average Bonchev–Trinajstić information content (AvgIpc) is 2.93. The van der Waals surface area contributed by atoms with Crippen molar-refractivity contribution in [3.63, 3.8) is 0 Å². The molecule has 15 heavy (non-hydrogen) atoms. The minimum Gasteiger partial charge on any atom is -0.373 e. The van der Waals surface area contributed by atoms with E-state index in [0.29, 0.717) is 18.2 Å². The van der Waals surface area contributed by atoms with Crippen LogP contribution in [0.15, 0.2) is 16.8 Å². The van der Waals surface area contributed by atoms with E-state index in [1.807, 2.05) is 0 Å². The number of thiophene rings is 1. The molecular weight excluding hydrogens is 206 g/mol. The number of rotatable bonds is 4. The van der Waals surface area contributed by atoms with E-state index in [-0.39, 0.29) is 0 Å². The van der Waals surface area contributed by atoms with Gasteiger partial charge in [0.05, 0.1) is 12.2 Å². The second-order valence-electron chi connectivity index (χ2n) is 4.55. The molecule has 0 saturated carbocycles. The molecule has 3 atom stereocenters. The number of fused-ring (bicyclic) bond motifs is 2. The molecule has 0 aliphatic carbocycles. The Morgan fingerprint density at radius 2 is 2.47 bits per heavy atom. The molecule has 1 N–H and O–H groups in total. The van der Waals surface area contributed by atoms with E-state index in [2.05, 4.69) is 22.1 Å². The molecule has 0 aromatic carbocycles. The summed E-state index contributed by atoms with van der Waals surface area (Å²) in [5.41, 5.74) is 1.46. The van der Waals surface area contributed by atoms with Gasteiger partial charge in [0.1, 0.15) is 0 Å². The fourth-order valence-electron chi connectivity index (χ4n) is 2.69. The van der Waals surface area contributed by atoms with Crippen molar-refractivity contribution in [1.82, 2.24) is 5.32 Å². The first kappa shape index (κ1) is 9.82. The molecule has 1 aromatic rings. The maximum Gasteiger partial charge on any atom is 0.0733 e. The first-order valence-electron chi connectivity index (χ1n) is 5.82. The van der Waals surface area contributed by atoms with E-state index >= 15 is 0 Å². The Morgan fingerprint density at radius 1 is 1.47 bits per heavy atom. The minimum absolute atomic E-state index is 0.512. The molecule has 0 amide bonds. The molecule has 3 heteroatoms. The second-order valence-corrected chi connectivity index (χ2v) is 5.33. The van der Waals surface area contributed by atoms with Crippen molar-refractivity contribution < 1.29 is 4.74 Å². The van der Waals surface area contributed by atoms with E-state index in [1.54, 1.807) is 11.3 Å². The number of hydrogen-bond acceptors (Lipinski definition) is 3. The highest BCUT2D eigenvalue weighted by Crippen LogP contribution is 2.34. The van der Waals surface area contributed by atoms with Gasteiger partial charge in [-0.05, 0) is 54.6 Å². The Hall–Kier alpha value is -0.380. The molecule has 2 aliphatic rings. The predicted molar refractivity (Wildman–Crippen MR) is 62.3 cm³/mol. The summed E-state index contributed by atoms with van der Waals surface area (Å²) < 4.78 is 5.81. The van der Waals surface area contributed by atoms with E-state index in [4.69, 9.17) is 4.74 Å². The zero-order chi connectivity index (χ0) is 10.1. The highest BCUT2D eigenvalue weighted by Gasteiger charge is 2.40. The second kappa shape index (κ2) is 4.24. The third-order valence-corrected chi connectivity index (χ3v) is 4.24. The Bertz CT molecular complexity index is 311. The summed E-state index contributed by atoms with van der Waals surface area (Å²) in [6.07, 6.45) is 6.01. The highest BCUT2D eigenvalue weighted by molar-refractivity contribution is 7.07. The average molecular weight is 223 g/mol. The molecule has 2 nitrogen and oxygen atoms in total. The van der Waals surface area contributed by atoms with Gasteiger partial charge in [0.25, 0.3) is 0 Å². The monoisotopic (exact) mass is 223 g/mol. The van der Waals surface area contributed by atoms with Crippen LogP contribution >= 0.6 is 11.3 Å². The highest BCUT2D eigenvalue weighted by atomic mass is 32.1. The third kappa shape index (κ3) is 2.10. The van der Waals surface area contributed by atoms with Crippen LogP contribution in [0.4, 0.5) is 0 Å². The molecule has 3 heterocycles. The fourth-order valence-corrected chi connectivity index (χ4v) is 3.39. The lowest BCUT2D eigenvalue weighted by atomic mass is 9.95. The van der Waals surface area contributed by atoms with Gasteiger partial charge in [-0.25, -0.2) is 0 Å². The molecule has 3 rings (SSSR count). The van der Waals surface area contributed by atoms with E-state index in [0.717, 1.165) is 13.0 Å². The Morgan fingerprint density at radius 3 is 3.13 bits per heavy atom. The van der Waals surface area contributed by atoms with Crippen molar-refractivity contribution in [2.24, 2.45) is 0 Å². The lowest BCUT2D eigenvalue weighted by molar-refractivity contribution is 0.0975. The van der Waals surface area contributed by atoms with Crippen molar-refractivity contribution in [2.45, 2.75) is 43.9 Å². The van der Waals surface area contributed by atoms with Crippen molar-refractivity contribution in [1.29, 1.82) is 0 Å².